The van der Waals surface area contributed by atoms with Gasteiger partial charge in [-0.25, -0.2) is 0 Å². The van der Waals surface area contributed by atoms with Crippen molar-refractivity contribution >= 4 is 0 Å². The molecule has 0 spiro atoms. The van der Waals surface area contributed by atoms with E-state index in [2.05, 4.69) is 31.1 Å². The zero-order chi connectivity index (χ0) is 13.2. The average Bonchev–Trinajstić information content (AvgIpc) is 2.76. The van der Waals surface area contributed by atoms with Crippen molar-refractivity contribution in [3.8, 4) is 0 Å². The van der Waals surface area contributed by atoms with Crippen LogP contribution in [0.15, 0.2) is 0 Å². The van der Waals surface area contributed by atoms with Crippen molar-refractivity contribution in [3.63, 3.8) is 0 Å². The fourth-order valence-corrected chi connectivity index (χ4v) is 3.87. The van der Waals surface area contributed by atoms with Gasteiger partial charge in [0, 0.05) is 25.7 Å². The van der Waals surface area contributed by atoms with Crippen LogP contribution in [0.5, 0.6) is 0 Å². The van der Waals surface area contributed by atoms with Crippen LogP contribution in [-0.4, -0.2) is 49.3 Å². The van der Waals surface area contributed by atoms with Crippen molar-refractivity contribution < 1.29 is 5.11 Å². The smallest absolute Gasteiger partial charge is 0.0471 e. The Kier molecular flexibility index (Phi) is 4.68. The minimum absolute atomic E-state index is 0.363. The van der Waals surface area contributed by atoms with Crippen LogP contribution in [0.1, 0.15) is 39.5 Å². The second-order valence-electron chi connectivity index (χ2n) is 7.16. The fraction of sp³-hybridized carbons (Fsp3) is 1.00. The number of aliphatic hydroxyl groups excluding tert-OH is 1. The van der Waals surface area contributed by atoms with Crippen molar-refractivity contribution in [1.82, 2.24) is 10.2 Å². The SMILES string of the molecule is CNC1CCC(C)(C)CC1CN1CCC(CO)C1. The standard InChI is InChI=1S/C15H30N2O/c1-15(2)6-4-14(16-3)13(8-15)10-17-7-5-12(9-17)11-18/h12-14,16,18H,4-11H2,1-3H3. The van der Waals surface area contributed by atoms with Crippen LogP contribution in [0.2, 0.25) is 0 Å². The Labute approximate surface area is 112 Å². The lowest BCUT2D eigenvalue weighted by Crippen LogP contribution is -2.46. The van der Waals surface area contributed by atoms with E-state index in [-0.39, 0.29) is 0 Å². The largest absolute Gasteiger partial charge is 0.396 e. The summed E-state index contributed by atoms with van der Waals surface area (Å²) in [6.45, 7) is 8.68. The van der Waals surface area contributed by atoms with Crippen LogP contribution in [0.4, 0.5) is 0 Å². The van der Waals surface area contributed by atoms with Gasteiger partial charge in [0.25, 0.3) is 0 Å². The van der Waals surface area contributed by atoms with Gasteiger partial charge in [-0.1, -0.05) is 13.8 Å². The molecule has 106 valence electrons. The molecule has 3 atom stereocenters. The Balaban J connectivity index is 1.89. The molecule has 2 rings (SSSR count). The van der Waals surface area contributed by atoms with Crippen LogP contribution in [0.3, 0.4) is 0 Å². The Hall–Kier alpha value is -0.120. The molecule has 2 aliphatic rings. The predicted octanol–water partition coefficient (Wildman–Crippen LogP) is 1.71. The molecule has 18 heavy (non-hydrogen) atoms. The summed E-state index contributed by atoms with van der Waals surface area (Å²) in [6.07, 6.45) is 5.16. The first-order valence-corrected chi connectivity index (χ1v) is 7.54. The normalized spacial score (nSPS) is 37.0. The summed E-state index contributed by atoms with van der Waals surface area (Å²) in [6, 6.07) is 0.686. The first kappa shape index (κ1) is 14.3. The lowest BCUT2D eigenvalue weighted by Gasteiger charge is -2.42. The molecule has 0 amide bonds. The van der Waals surface area contributed by atoms with E-state index in [0.717, 1.165) is 12.5 Å². The van der Waals surface area contributed by atoms with E-state index in [4.69, 9.17) is 0 Å². The third-order valence-corrected chi connectivity index (χ3v) is 5.01. The second-order valence-corrected chi connectivity index (χ2v) is 7.16. The van der Waals surface area contributed by atoms with Crippen LogP contribution < -0.4 is 5.32 Å². The van der Waals surface area contributed by atoms with Crippen LogP contribution >= 0.6 is 0 Å². The predicted molar refractivity (Wildman–Crippen MR) is 75.6 cm³/mol. The lowest BCUT2D eigenvalue weighted by atomic mass is 9.69. The first-order chi connectivity index (χ1) is 8.54. The highest BCUT2D eigenvalue weighted by Gasteiger charge is 2.36. The number of likely N-dealkylation sites (tertiary alicyclic amines) is 1. The number of nitrogens with zero attached hydrogens (tertiary/aromatic N) is 1. The van der Waals surface area contributed by atoms with E-state index in [1.807, 2.05) is 0 Å². The summed E-state index contributed by atoms with van der Waals surface area (Å²) in [5, 5.41) is 12.7. The summed E-state index contributed by atoms with van der Waals surface area (Å²) in [5.41, 5.74) is 0.508. The summed E-state index contributed by atoms with van der Waals surface area (Å²) in [5.74, 6) is 1.30. The minimum atomic E-state index is 0.363. The third kappa shape index (κ3) is 3.46. The van der Waals surface area contributed by atoms with Crippen molar-refractivity contribution in [2.24, 2.45) is 17.3 Å². The molecule has 1 aliphatic heterocycles. The Morgan fingerprint density at radius 3 is 2.72 bits per heavy atom. The van der Waals surface area contributed by atoms with E-state index in [9.17, 15) is 5.11 Å². The Morgan fingerprint density at radius 2 is 2.11 bits per heavy atom. The monoisotopic (exact) mass is 254 g/mol. The lowest BCUT2D eigenvalue weighted by molar-refractivity contribution is 0.108. The fourth-order valence-electron chi connectivity index (χ4n) is 3.87. The number of rotatable bonds is 4. The van der Waals surface area contributed by atoms with E-state index in [1.54, 1.807) is 0 Å². The molecule has 0 aromatic carbocycles. The van der Waals surface area contributed by atoms with Gasteiger partial charge >= 0.3 is 0 Å². The number of hydrogen-bond donors (Lipinski definition) is 2. The molecule has 0 bridgehead atoms. The molecule has 0 aromatic heterocycles. The molecule has 0 aromatic rings. The minimum Gasteiger partial charge on any atom is -0.396 e. The maximum absolute atomic E-state index is 9.23. The zero-order valence-corrected chi connectivity index (χ0v) is 12.3. The average molecular weight is 254 g/mol. The molecule has 0 radical (unpaired) electrons. The summed E-state index contributed by atoms with van der Waals surface area (Å²) < 4.78 is 0. The summed E-state index contributed by atoms with van der Waals surface area (Å²) in [4.78, 5) is 2.57. The molecular formula is C15H30N2O. The highest BCUT2D eigenvalue weighted by molar-refractivity contribution is 4.90. The molecule has 1 saturated heterocycles. The van der Waals surface area contributed by atoms with Gasteiger partial charge in [0.2, 0.25) is 0 Å². The van der Waals surface area contributed by atoms with Gasteiger partial charge in [-0.2, -0.15) is 0 Å². The number of aliphatic hydroxyl groups is 1. The quantitative estimate of drug-likeness (QED) is 0.802. The van der Waals surface area contributed by atoms with Gasteiger partial charge in [0.1, 0.15) is 0 Å². The molecule has 1 saturated carbocycles. The van der Waals surface area contributed by atoms with Crippen molar-refractivity contribution in [2.75, 3.05) is 33.3 Å². The van der Waals surface area contributed by atoms with Crippen LogP contribution in [0.25, 0.3) is 0 Å². The van der Waals surface area contributed by atoms with Crippen molar-refractivity contribution in [2.45, 2.75) is 45.6 Å². The maximum atomic E-state index is 9.23. The van der Waals surface area contributed by atoms with Crippen LogP contribution in [0, 0.1) is 17.3 Å². The van der Waals surface area contributed by atoms with Gasteiger partial charge in [0.15, 0.2) is 0 Å². The molecule has 3 heteroatoms. The summed E-state index contributed by atoms with van der Waals surface area (Å²) >= 11 is 0. The van der Waals surface area contributed by atoms with Crippen molar-refractivity contribution in [1.29, 1.82) is 0 Å². The van der Waals surface area contributed by atoms with E-state index >= 15 is 0 Å². The van der Waals surface area contributed by atoms with Gasteiger partial charge < -0.3 is 15.3 Å². The number of hydrogen-bond acceptors (Lipinski definition) is 3. The summed E-state index contributed by atoms with van der Waals surface area (Å²) in [7, 11) is 2.11. The van der Waals surface area contributed by atoms with E-state index in [1.165, 1.54) is 38.8 Å². The van der Waals surface area contributed by atoms with Crippen LogP contribution in [-0.2, 0) is 0 Å². The third-order valence-electron chi connectivity index (χ3n) is 5.01. The van der Waals surface area contributed by atoms with Gasteiger partial charge in [0.05, 0.1) is 0 Å². The molecule has 1 aliphatic carbocycles. The highest BCUT2D eigenvalue weighted by Crippen LogP contribution is 2.39. The highest BCUT2D eigenvalue weighted by atomic mass is 16.3. The molecule has 2 N–H and O–H groups in total. The first-order valence-electron chi connectivity index (χ1n) is 7.54. The van der Waals surface area contributed by atoms with E-state index < -0.39 is 0 Å². The molecule has 3 nitrogen and oxygen atoms in total. The van der Waals surface area contributed by atoms with Gasteiger partial charge in [-0.3, -0.25) is 0 Å². The maximum Gasteiger partial charge on any atom is 0.0471 e. The molecule has 2 fully saturated rings. The molecule has 1 heterocycles. The van der Waals surface area contributed by atoms with E-state index in [0.29, 0.717) is 24.0 Å². The molecular weight excluding hydrogens is 224 g/mol. The number of nitrogens with one attached hydrogen (secondary N) is 1. The Morgan fingerprint density at radius 1 is 1.33 bits per heavy atom. The van der Waals surface area contributed by atoms with Gasteiger partial charge in [-0.15, -0.1) is 0 Å². The van der Waals surface area contributed by atoms with Gasteiger partial charge in [-0.05, 0) is 56.5 Å². The topological polar surface area (TPSA) is 35.5 Å². The van der Waals surface area contributed by atoms with Crippen molar-refractivity contribution in [3.05, 3.63) is 0 Å². The second kappa shape index (κ2) is 5.89. The molecule has 3 unspecified atom stereocenters. The Bertz CT molecular complexity index is 267. The zero-order valence-electron chi connectivity index (χ0n) is 12.3.